The summed E-state index contributed by atoms with van der Waals surface area (Å²) in [5.74, 6) is -0.499. The van der Waals surface area contributed by atoms with Crippen LogP contribution in [-0.4, -0.2) is 10.8 Å². The molecule has 0 aliphatic rings. The molecule has 0 spiro atoms. The van der Waals surface area contributed by atoms with Crippen LogP contribution < -0.4 is 5.73 Å². The number of carbonyl (C=O) groups is 1. The van der Waals surface area contributed by atoms with E-state index in [0.717, 1.165) is 0 Å². The van der Waals surface area contributed by atoms with Gasteiger partial charge in [-0.3, -0.25) is 14.9 Å². The Morgan fingerprint density at radius 2 is 2.25 bits per heavy atom. The van der Waals surface area contributed by atoms with E-state index in [1.807, 2.05) is 0 Å². The van der Waals surface area contributed by atoms with Gasteiger partial charge in [-0.2, -0.15) is 0 Å². The highest BCUT2D eigenvalue weighted by atomic mass is 35.5. The molecule has 0 fully saturated rings. The van der Waals surface area contributed by atoms with Crippen LogP contribution in [0.5, 0.6) is 0 Å². The van der Waals surface area contributed by atoms with Crippen molar-refractivity contribution in [3.63, 3.8) is 0 Å². The van der Waals surface area contributed by atoms with Crippen molar-refractivity contribution in [2.75, 3.05) is 0 Å². The first-order valence-corrected chi connectivity index (χ1v) is 4.77. The third-order valence-electron chi connectivity index (χ3n) is 1.80. The summed E-state index contributed by atoms with van der Waals surface area (Å²) in [6.07, 6.45) is 2.94. The van der Waals surface area contributed by atoms with Crippen LogP contribution in [0.15, 0.2) is 24.3 Å². The SMILES string of the molecule is NC(=O)CC=Cc1cc(Cl)ccc1[N+](=O)[O-]. The van der Waals surface area contributed by atoms with E-state index in [9.17, 15) is 14.9 Å². The Balaban J connectivity index is 3.01. The van der Waals surface area contributed by atoms with E-state index < -0.39 is 10.8 Å². The minimum absolute atomic E-state index is 0.0314. The lowest BCUT2D eigenvalue weighted by Gasteiger charge is -1.97. The monoisotopic (exact) mass is 240 g/mol. The first-order chi connectivity index (χ1) is 7.50. The van der Waals surface area contributed by atoms with Crippen molar-refractivity contribution in [2.24, 2.45) is 5.73 Å². The van der Waals surface area contributed by atoms with Gasteiger partial charge >= 0.3 is 0 Å². The fourth-order valence-electron chi connectivity index (χ4n) is 1.13. The molecule has 0 saturated carbocycles. The van der Waals surface area contributed by atoms with E-state index in [1.165, 1.54) is 30.4 Å². The van der Waals surface area contributed by atoms with E-state index in [4.69, 9.17) is 17.3 Å². The highest BCUT2D eigenvalue weighted by molar-refractivity contribution is 6.30. The van der Waals surface area contributed by atoms with Gasteiger partial charge in [0.25, 0.3) is 5.69 Å². The Kier molecular flexibility index (Phi) is 4.02. The molecule has 0 radical (unpaired) electrons. The van der Waals surface area contributed by atoms with Crippen LogP contribution >= 0.6 is 11.6 Å². The molecule has 5 nitrogen and oxygen atoms in total. The quantitative estimate of drug-likeness (QED) is 0.646. The third kappa shape index (κ3) is 3.36. The minimum Gasteiger partial charge on any atom is -0.369 e. The third-order valence-corrected chi connectivity index (χ3v) is 2.04. The molecule has 16 heavy (non-hydrogen) atoms. The highest BCUT2D eigenvalue weighted by Gasteiger charge is 2.10. The molecule has 0 atom stereocenters. The van der Waals surface area contributed by atoms with Crippen molar-refractivity contribution in [1.82, 2.24) is 0 Å². The zero-order valence-corrected chi connectivity index (χ0v) is 8.98. The Morgan fingerprint density at radius 3 is 2.81 bits per heavy atom. The molecule has 1 amide bonds. The molecule has 0 saturated heterocycles. The van der Waals surface area contributed by atoms with Gasteiger partial charge in [0.05, 0.1) is 10.5 Å². The molecule has 0 heterocycles. The lowest BCUT2D eigenvalue weighted by Crippen LogP contribution is -2.07. The van der Waals surface area contributed by atoms with Crippen LogP contribution in [0.25, 0.3) is 6.08 Å². The maximum atomic E-state index is 10.7. The number of hydrogen-bond donors (Lipinski definition) is 1. The Labute approximate surface area is 96.7 Å². The first kappa shape index (κ1) is 12.2. The summed E-state index contributed by atoms with van der Waals surface area (Å²) in [5, 5.41) is 11.1. The fourth-order valence-corrected chi connectivity index (χ4v) is 1.31. The van der Waals surface area contributed by atoms with Gasteiger partial charge in [0, 0.05) is 17.5 Å². The Bertz CT molecular complexity index is 457. The average molecular weight is 241 g/mol. The number of nitrogens with two attached hydrogens (primary N) is 1. The summed E-state index contributed by atoms with van der Waals surface area (Å²) in [5.41, 5.74) is 5.22. The standard InChI is InChI=1S/C10H9ClN2O3/c11-8-4-5-9(13(15)16)7(6-8)2-1-3-10(12)14/h1-2,4-6H,3H2,(H2,12,14). The second-order valence-corrected chi connectivity index (χ2v) is 3.47. The summed E-state index contributed by atoms with van der Waals surface area (Å²) < 4.78 is 0. The van der Waals surface area contributed by atoms with Gasteiger partial charge in [-0.1, -0.05) is 23.8 Å². The van der Waals surface area contributed by atoms with Crippen molar-refractivity contribution >= 4 is 29.3 Å². The minimum atomic E-state index is -0.514. The molecule has 1 rings (SSSR count). The zero-order valence-electron chi connectivity index (χ0n) is 8.22. The smallest absolute Gasteiger partial charge is 0.276 e. The average Bonchev–Trinajstić information content (AvgIpc) is 2.16. The number of carbonyl (C=O) groups excluding carboxylic acids is 1. The molecule has 0 unspecified atom stereocenters. The summed E-state index contributed by atoms with van der Waals surface area (Å²) in [7, 11) is 0. The molecular formula is C10H9ClN2O3. The number of rotatable bonds is 4. The second kappa shape index (κ2) is 5.27. The van der Waals surface area contributed by atoms with E-state index in [1.54, 1.807) is 0 Å². The van der Waals surface area contributed by atoms with E-state index >= 15 is 0 Å². The predicted octanol–water partition coefficient (Wildman–Crippen LogP) is 2.14. The maximum absolute atomic E-state index is 10.7. The molecule has 0 aliphatic carbocycles. The van der Waals surface area contributed by atoms with Crippen LogP contribution in [0.4, 0.5) is 5.69 Å². The van der Waals surface area contributed by atoms with Crippen molar-refractivity contribution < 1.29 is 9.72 Å². The van der Waals surface area contributed by atoms with Crippen LogP contribution in [0, 0.1) is 10.1 Å². The van der Waals surface area contributed by atoms with Crippen molar-refractivity contribution in [1.29, 1.82) is 0 Å². The Morgan fingerprint density at radius 1 is 1.56 bits per heavy atom. The number of hydrogen-bond acceptors (Lipinski definition) is 3. The number of nitro groups is 1. The number of nitrogens with zero attached hydrogens (tertiary/aromatic N) is 1. The lowest BCUT2D eigenvalue weighted by atomic mass is 10.1. The van der Waals surface area contributed by atoms with Crippen molar-refractivity contribution in [2.45, 2.75) is 6.42 Å². The topological polar surface area (TPSA) is 86.2 Å². The van der Waals surface area contributed by atoms with Gasteiger partial charge in [-0.25, -0.2) is 0 Å². The number of benzene rings is 1. The van der Waals surface area contributed by atoms with E-state index in [0.29, 0.717) is 10.6 Å². The maximum Gasteiger partial charge on any atom is 0.276 e. The normalized spacial score (nSPS) is 10.6. The molecule has 84 valence electrons. The van der Waals surface area contributed by atoms with Gasteiger partial charge in [0.1, 0.15) is 0 Å². The van der Waals surface area contributed by atoms with Crippen molar-refractivity contribution in [3.05, 3.63) is 45.0 Å². The van der Waals surface area contributed by atoms with Gasteiger partial charge in [-0.15, -0.1) is 0 Å². The number of nitro benzene ring substituents is 1. The van der Waals surface area contributed by atoms with Crippen molar-refractivity contribution in [3.8, 4) is 0 Å². The molecule has 0 aromatic heterocycles. The molecule has 2 N–H and O–H groups in total. The number of primary amides is 1. The van der Waals surface area contributed by atoms with Crippen LogP contribution in [0.1, 0.15) is 12.0 Å². The largest absolute Gasteiger partial charge is 0.369 e. The van der Waals surface area contributed by atoms with Crippen LogP contribution in [0.2, 0.25) is 5.02 Å². The molecule has 6 heteroatoms. The van der Waals surface area contributed by atoms with Gasteiger partial charge in [0.15, 0.2) is 0 Å². The zero-order chi connectivity index (χ0) is 12.1. The highest BCUT2D eigenvalue weighted by Crippen LogP contribution is 2.23. The number of halogens is 1. The molecule has 0 aliphatic heterocycles. The van der Waals surface area contributed by atoms with Gasteiger partial charge < -0.3 is 5.73 Å². The molecular weight excluding hydrogens is 232 g/mol. The molecule has 1 aromatic carbocycles. The van der Waals surface area contributed by atoms with Crippen LogP contribution in [0.3, 0.4) is 0 Å². The molecule has 1 aromatic rings. The van der Waals surface area contributed by atoms with Crippen LogP contribution in [-0.2, 0) is 4.79 Å². The fraction of sp³-hybridized carbons (Fsp3) is 0.100. The summed E-state index contributed by atoms with van der Waals surface area (Å²) in [6, 6.07) is 4.20. The predicted molar refractivity (Wildman–Crippen MR) is 61.0 cm³/mol. The van der Waals surface area contributed by atoms with E-state index in [-0.39, 0.29) is 12.1 Å². The number of amides is 1. The lowest BCUT2D eigenvalue weighted by molar-refractivity contribution is -0.385. The van der Waals surface area contributed by atoms with Gasteiger partial charge in [0.2, 0.25) is 5.91 Å². The van der Waals surface area contributed by atoms with Gasteiger partial charge in [-0.05, 0) is 12.1 Å². The summed E-state index contributed by atoms with van der Waals surface area (Å²) >= 11 is 5.71. The summed E-state index contributed by atoms with van der Waals surface area (Å²) in [4.78, 5) is 20.6. The first-order valence-electron chi connectivity index (χ1n) is 4.39. The summed E-state index contributed by atoms with van der Waals surface area (Å²) in [6.45, 7) is 0. The second-order valence-electron chi connectivity index (χ2n) is 3.03. The Hall–Kier alpha value is -1.88. The van der Waals surface area contributed by atoms with E-state index in [2.05, 4.69) is 0 Å². The molecule has 0 bridgehead atoms.